The molecule has 2 aromatic rings. The number of likely N-dealkylation sites (N-methyl/N-ethyl adjacent to an activating group) is 1. The molecular formula is C17H18BrF2N. The molecule has 1 N–H and O–H groups in total. The SMILES string of the molecule is CCNC(Cc1ccc(Br)cc1F)c1cc(C)ccc1F. The van der Waals surface area contributed by atoms with E-state index in [2.05, 4.69) is 21.2 Å². The highest BCUT2D eigenvalue weighted by molar-refractivity contribution is 9.10. The van der Waals surface area contributed by atoms with Crippen LogP contribution in [0.1, 0.15) is 29.7 Å². The van der Waals surface area contributed by atoms with Crippen LogP contribution in [-0.2, 0) is 6.42 Å². The normalized spacial score (nSPS) is 12.4. The van der Waals surface area contributed by atoms with E-state index in [1.807, 2.05) is 19.9 Å². The van der Waals surface area contributed by atoms with Gasteiger partial charge in [-0.2, -0.15) is 0 Å². The van der Waals surface area contributed by atoms with Gasteiger partial charge in [0.15, 0.2) is 0 Å². The minimum absolute atomic E-state index is 0.245. The van der Waals surface area contributed by atoms with Crippen LogP contribution < -0.4 is 5.32 Å². The van der Waals surface area contributed by atoms with Gasteiger partial charge in [-0.3, -0.25) is 0 Å². The number of hydrogen-bond acceptors (Lipinski definition) is 1. The summed E-state index contributed by atoms with van der Waals surface area (Å²) in [5, 5.41) is 3.24. The Morgan fingerprint density at radius 3 is 2.52 bits per heavy atom. The standard InChI is InChI=1S/C17H18BrF2N/c1-3-21-17(14-8-11(2)4-7-15(14)19)9-12-5-6-13(18)10-16(12)20/h4-8,10,17,21H,3,9H2,1-2H3. The van der Waals surface area contributed by atoms with Gasteiger partial charge in [-0.05, 0) is 43.7 Å². The van der Waals surface area contributed by atoms with E-state index in [9.17, 15) is 8.78 Å². The molecule has 0 saturated carbocycles. The summed E-state index contributed by atoms with van der Waals surface area (Å²) in [7, 11) is 0. The van der Waals surface area contributed by atoms with Crippen molar-refractivity contribution >= 4 is 15.9 Å². The second-order valence-corrected chi connectivity index (χ2v) is 5.99. The third-order valence-corrected chi connectivity index (χ3v) is 3.91. The first kappa shape index (κ1) is 16.1. The van der Waals surface area contributed by atoms with Crippen molar-refractivity contribution in [3.05, 3.63) is 69.2 Å². The van der Waals surface area contributed by atoms with Crippen molar-refractivity contribution in [2.24, 2.45) is 0 Å². The van der Waals surface area contributed by atoms with Crippen LogP contribution in [0, 0.1) is 18.6 Å². The second kappa shape index (κ2) is 7.14. The molecule has 0 saturated heterocycles. The van der Waals surface area contributed by atoms with E-state index in [-0.39, 0.29) is 17.7 Å². The lowest BCUT2D eigenvalue weighted by Crippen LogP contribution is -2.24. The van der Waals surface area contributed by atoms with Crippen LogP contribution in [0.25, 0.3) is 0 Å². The van der Waals surface area contributed by atoms with E-state index in [0.717, 1.165) is 5.56 Å². The summed E-state index contributed by atoms with van der Waals surface area (Å²) < 4.78 is 28.8. The Bertz CT molecular complexity index is 628. The average molecular weight is 354 g/mol. The Morgan fingerprint density at radius 2 is 1.86 bits per heavy atom. The highest BCUT2D eigenvalue weighted by Gasteiger charge is 2.17. The van der Waals surface area contributed by atoms with E-state index in [0.29, 0.717) is 28.6 Å². The summed E-state index contributed by atoms with van der Waals surface area (Å²) in [6, 6.07) is 9.75. The van der Waals surface area contributed by atoms with E-state index in [1.165, 1.54) is 12.1 Å². The molecule has 1 nitrogen and oxygen atoms in total. The van der Waals surface area contributed by atoms with Crippen molar-refractivity contribution in [3.8, 4) is 0 Å². The molecule has 2 aromatic carbocycles. The highest BCUT2D eigenvalue weighted by Crippen LogP contribution is 2.25. The van der Waals surface area contributed by atoms with Gasteiger partial charge in [0.2, 0.25) is 0 Å². The molecule has 112 valence electrons. The molecule has 0 aromatic heterocycles. The fourth-order valence-corrected chi connectivity index (χ4v) is 2.71. The molecule has 0 bridgehead atoms. The van der Waals surface area contributed by atoms with Crippen LogP contribution in [0.3, 0.4) is 0 Å². The smallest absolute Gasteiger partial charge is 0.128 e. The first-order chi connectivity index (χ1) is 10.0. The minimum Gasteiger partial charge on any atom is -0.310 e. The maximum absolute atomic E-state index is 14.1. The number of benzene rings is 2. The maximum atomic E-state index is 14.1. The third-order valence-electron chi connectivity index (χ3n) is 3.42. The van der Waals surface area contributed by atoms with Crippen LogP contribution >= 0.6 is 15.9 Å². The van der Waals surface area contributed by atoms with Crippen molar-refractivity contribution in [3.63, 3.8) is 0 Å². The van der Waals surface area contributed by atoms with E-state index in [1.54, 1.807) is 18.2 Å². The van der Waals surface area contributed by atoms with Crippen molar-refractivity contribution in [1.29, 1.82) is 0 Å². The molecule has 0 aliphatic carbocycles. The molecule has 0 aliphatic heterocycles. The van der Waals surface area contributed by atoms with Crippen LogP contribution in [-0.4, -0.2) is 6.54 Å². The van der Waals surface area contributed by atoms with E-state index < -0.39 is 0 Å². The second-order valence-electron chi connectivity index (χ2n) is 5.08. The van der Waals surface area contributed by atoms with Gasteiger partial charge in [-0.25, -0.2) is 8.78 Å². The Hall–Kier alpha value is -1.26. The van der Waals surface area contributed by atoms with Gasteiger partial charge in [0, 0.05) is 16.1 Å². The summed E-state index contributed by atoms with van der Waals surface area (Å²) in [6.07, 6.45) is 0.410. The summed E-state index contributed by atoms with van der Waals surface area (Å²) in [4.78, 5) is 0. The van der Waals surface area contributed by atoms with E-state index in [4.69, 9.17) is 0 Å². The largest absolute Gasteiger partial charge is 0.310 e. The number of rotatable bonds is 5. The van der Waals surface area contributed by atoms with Gasteiger partial charge in [-0.15, -0.1) is 0 Å². The van der Waals surface area contributed by atoms with Crippen molar-refractivity contribution in [2.75, 3.05) is 6.54 Å². The first-order valence-electron chi connectivity index (χ1n) is 6.94. The fourth-order valence-electron chi connectivity index (χ4n) is 2.38. The van der Waals surface area contributed by atoms with Gasteiger partial charge in [0.1, 0.15) is 11.6 Å². The van der Waals surface area contributed by atoms with Crippen molar-refractivity contribution in [2.45, 2.75) is 26.3 Å². The van der Waals surface area contributed by atoms with Gasteiger partial charge >= 0.3 is 0 Å². The molecule has 1 atom stereocenters. The first-order valence-corrected chi connectivity index (χ1v) is 7.74. The molecule has 21 heavy (non-hydrogen) atoms. The van der Waals surface area contributed by atoms with Crippen molar-refractivity contribution < 1.29 is 8.78 Å². The Balaban J connectivity index is 2.32. The third kappa shape index (κ3) is 4.11. The lowest BCUT2D eigenvalue weighted by Gasteiger charge is -2.20. The molecule has 1 unspecified atom stereocenters. The topological polar surface area (TPSA) is 12.0 Å². The molecule has 0 amide bonds. The average Bonchev–Trinajstić information content (AvgIpc) is 2.44. The van der Waals surface area contributed by atoms with Crippen molar-refractivity contribution in [1.82, 2.24) is 5.32 Å². The van der Waals surface area contributed by atoms with Crippen LogP contribution in [0.5, 0.6) is 0 Å². The Morgan fingerprint density at radius 1 is 1.10 bits per heavy atom. The molecular weight excluding hydrogens is 336 g/mol. The zero-order valence-electron chi connectivity index (χ0n) is 12.1. The van der Waals surface area contributed by atoms with Gasteiger partial charge < -0.3 is 5.32 Å². The molecule has 0 spiro atoms. The molecule has 0 aliphatic rings. The molecule has 0 fully saturated rings. The fraction of sp³-hybridized carbons (Fsp3) is 0.294. The molecule has 0 radical (unpaired) electrons. The highest BCUT2D eigenvalue weighted by atomic mass is 79.9. The van der Waals surface area contributed by atoms with Crippen LogP contribution in [0.4, 0.5) is 8.78 Å². The van der Waals surface area contributed by atoms with Crippen LogP contribution in [0.15, 0.2) is 40.9 Å². The predicted octanol–water partition coefficient (Wildman–Crippen LogP) is 4.93. The van der Waals surface area contributed by atoms with Gasteiger partial charge in [0.25, 0.3) is 0 Å². The number of hydrogen-bond donors (Lipinski definition) is 1. The van der Waals surface area contributed by atoms with E-state index >= 15 is 0 Å². The summed E-state index contributed by atoms with van der Waals surface area (Å²) in [6.45, 7) is 4.57. The minimum atomic E-state index is -0.277. The molecule has 2 rings (SSSR count). The molecule has 0 heterocycles. The Kier molecular flexibility index (Phi) is 5.48. The molecule has 4 heteroatoms. The number of aryl methyl sites for hydroxylation is 1. The van der Waals surface area contributed by atoms with Gasteiger partial charge in [0.05, 0.1) is 0 Å². The predicted molar refractivity (Wildman–Crippen MR) is 85.4 cm³/mol. The lowest BCUT2D eigenvalue weighted by molar-refractivity contribution is 0.498. The summed E-state index contributed by atoms with van der Waals surface area (Å²) >= 11 is 3.24. The summed E-state index contributed by atoms with van der Waals surface area (Å²) in [5.41, 5.74) is 2.15. The lowest BCUT2D eigenvalue weighted by atomic mass is 9.96. The zero-order chi connectivity index (χ0) is 15.4. The number of nitrogens with one attached hydrogen (secondary N) is 1. The van der Waals surface area contributed by atoms with Crippen LogP contribution in [0.2, 0.25) is 0 Å². The number of halogens is 3. The zero-order valence-corrected chi connectivity index (χ0v) is 13.7. The Labute approximate surface area is 132 Å². The summed E-state index contributed by atoms with van der Waals surface area (Å²) in [5.74, 6) is -0.538. The maximum Gasteiger partial charge on any atom is 0.128 e. The monoisotopic (exact) mass is 353 g/mol. The van der Waals surface area contributed by atoms with Gasteiger partial charge in [-0.1, -0.05) is 46.6 Å². The quantitative estimate of drug-likeness (QED) is 0.803.